The van der Waals surface area contributed by atoms with Crippen LogP contribution in [0.3, 0.4) is 0 Å². The second-order valence-corrected chi connectivity index (χ2v) is 4.61. The number of aliphatic hydroxyl groups is 1. The number of amides is 1. The summed E-state index contributed by atoms with van der Waals surface area (Å²) >= 11 is 0. The first-order chi connectivity index (χ1) is 8.06. The number of carbonyl (C=O) groups is 1. The van der Waals surface area contributed by atoms with E-state index in [4.69, 9.17) is 5.11 Å². The molecule has 0 spiro atoms. The van der Waals surface area contributed by atoms with Crippen LogP contribution in [0.5, 0.6) is 0 Å². The molecule has 4 heteroatoms. The second kappa shape index (κ2) is 4.84. The molecule has 3 nitrogen and oxygen atoms in total. The first-order valence-electron chi connectivity index (χ1n) is 5.77. The van der Waals surface area contributed by atoms with E-state index in [1.807, 2.05) is 13.0 Å². The molecule has 0 bridgehead atoms. The third-order valence-corrected chi connectivity index (χ3v) is 3.11. The van der Waals surface area contributed by atoms with Gasteiger partial charge in [-0.2, -0.15) is 0 Å². The standard InChI is InChI=1S/C13H16FNO2/c1-9(10-3-2-4-11(14)6-10)5-13(17)15-7-12(16)8-15/h2-4,6,9,12,16H,5,7-8H2,1H3. The first-order valence-corrected chi connectivity index (χ1v) is 5.77. The van der Waals surface area contributed by atoms with E-state index in [9.17, 15) is 9.18 Å². The van der Waals surface area contributed by atoms with Gasteiger partial charge in [-0.1, -0.05) is 19.1 Å². The molecule has 1 amide bonds. The highest BCUT2D eigenvalue weighted by Gasteiger charge is 2.29. The number of hydrogen-bond acceptors (Lipinski definition) is 2. The third kappa shape index (κ3) is 2.82. The van der Waals surface area contributed by atoms with E-state index in [1.54, 1.807) is 11.0 Å². The van der Waals surface area contributed by atoms with Crippen LogP contribution in [0.25, 0.3) is 0 Å². The monoisotopic (exact) mass is 237 g/mol. The normalized spacial score (nSPS) is 17.7. The van der Waals surface area contributed by atoms with Gasteiger partial charge in [-0.05, 0) is 23.6 Å². The lowest BCUT2D eigenvalue weighted by molar-refractivity contribution is -0.141. The van der Waals surface area contributed by atoms with Gasteiger partial charge in [0.25, 0.3) is 0 Å². The highest BCUT2D eigenvalue weighted by atomic mass is 19.1. The van der Waals surface area contributed by atoms with Crippen molar-refractivity contribution in [3.05, 3.63) is 35.6 Å². The molecule has 1 N–H and O–H groups in total. The summed E-state index contributed by atoms with van der Waals surface area (Å²) in [5, 5.41) is 9.11. The molecule has 1 unspecified atom stereocenters. The number of hydrogen-bond donors (Lipinski definition) is 1. The Balaban J connectivity index is 1.92. The maximum absolute atomic E-state index is 13.0. The SMILES string of the molecule is CC(CC(=O)N1CC(O)C1)c1cccc(F)c1. The van der Waals surface area contributed by atoms with E-state index in [1.165, 1.54) is 12.1 Å². The minimum absolute atomic E-state index is 0.00376. The van der Waals surface area contributed by atoms with Crippen LogP contribution in [0.4, 0.5) is 4.39 Å². The minimum Gasteiger partial charge on any atom is -0.389 e. The van der Waals surface area contributed by atoms with Crippen LogP contribution >= 0.6 is 0 Å². The molecule has 1 aliphatic rings. The van der Waals surface area contributed by atoms with E-state index in [2.05, 4.69) is 0 Å². The summed E-state index contributed by atoms with van der Waals surface area (Å²) in [4.78, 5) is 13.4. The molecule has 1 heterocycles. The number of benzene rings is 1. The number of nitrogens with zero attached hydrogens (tertiary/aromatic N) is 1. The molecule has 17 heavy (non-hydrogen) atoms. The van der Waals surface area contributed by atoms with Crippen LogP contribution in [-0.2, 0) is 4.79 Å². The van der Waals surface area contributed by atoms with Crippen molar-refractivity contribution in [1.29, 1.82) is 0 Å². The summed E-state index contributed by atoms with van der Waals surface area (Å²) in [6, 6.07) is 6.33. The van der Waals surface area contributed by atoms with Crippen LogP contribution in [-0.4, -0.2) is 35.1 Å². The molecule has 1 aromatic carbocycles. The molecule has 0 saturated carbocycles. The predicted molar refractivity (Wildman–Crippen MR) is 62.0 cm³/mol. The fraction of sp³-hybridized carbons (Fsp3) is 0.462. The molecule has 2 rings (SSSR count). The summed E-state index contributed by atoms with van der Waals surface area (Å²) in [6.45, 7) is 2.76. The van der Waals surface area contributed by atoms with Gasteiger partial charge < -0.3 is 10.0 Å². The lowest BCUT2D eigenvalue weighted by Crippen LogP contribution is -2.53. The van der Waals surface area contributed by atoms with Crippen molar-refractivity contribution in [2.75, 3.05) is 13.1 Å². The Bertz CT molecular complexity index is 416. The average molecular weight is 237 g/mol. The average Bonchev–Trinajstić information content (AvgIpc) is 2.24. The maximum atomic E-state index is 13.0. The summed E-state index contributed by atoms with van der Waals surface area (Å²) in [5.74, 6) is -0.260. The topological polar surface area (TPSA) is 40.5 Å². The molecule has 1 aromatic rings. The molecular weight excluding hydrogens is 221 g/mol. The Morgan fingerprint density at radius 2 is 2.29 bits per heavy atom. The highest BCUT2D eigenvalue weighted by molar-refractivity contribution is 5.78. The molecule has 0 radical (unpaired) electrons. The van der Waals surface area contributed by atoms with Crippen molar-refractivity contribution < 1.29 is 14.3 Å². The number of carbonyl (C=O) groups excluding carboxylic acids is 1. The molecule has 1 saturated heterocycles. The van der Waals surface area contributed by atoms with E-state index >= 15 is 0 Å². The predicted octanol–water partition coefficient (Wildman–Crippen LogP) is 1.52. The minimum atomic E-state index is -0.372. The smallest absolute Gasteiger partial charge is 0.223 e. The second-order valence-electron chi connectivity index (χ2n) is 4.61. The fourth-order valence-corrected chi connectivity index (χ4v) is 1.98. The summed E-state index contributed by atoms with van der Waals surface area (Å²) in [7, 11) is 0. The summed E-state index contributed by atoms with van der Waals surface area (Å²) in [5.41, 5.74) is 0.833. The lowest BCUT2D eigenvalue weighted by atomic mass is 9.96. The maximum Gasteiger partial charge on any atom is 0.223 e. The molecule has 1 fully saturated rings. The lowest BCUT2D eigenvalue weighted by Gasteiger charge is -2.36. The zero-order chi connectivity index (χ0) is 12.4. The van der Waals surface area contributed by atoms with Gasteiger partial charge in [0.2, 0.25) is 5.91 Å². The van der Waals surface area contributed by atoms with Crippen molar-refractivity contribution in [1.82, 2.24) is 4.90 Å². The first kappa shape index (κ1) is 12.0. The van der Waals surface area contributed by atoms with Gasteiger partial charge in [0.1, 0.15) is 5.82 Å². The van der Waals surface area contributed by atoms with Gasteiger partial charge in [-0.3, -0.25) is 4.79 Å². The molecule has 92 valence electrons. The van der Waals surface area contributed by atoms with Gasteiger partial charge in [0.05, 0.1) is 6.10 Å². The quantitative estimate of drug-likeness (QED) is 0.866. The van der Waals surface area contributed by atoms with Gasteiger partial charge in [0.15, 0.2) is 0 Å². The largest absolute Gasteiger partial charge is 0.389 e. The van der Waals surface area contributed by atoms with Crippen molar-refractivity contribution in [3.63, 3.8) is 0 Å². The number of rotatable bonds is 3. The summed E-state index contributed by atoms with van der Waals surface area (Å²) < 4.78 is 13.0. The van der Waals surface area contributed by atoms with Crippen LogP contribution < -0.4 is 0 Å². The van der Waals surface area contributed by atoms with Crippen LogP contribution in [0.1, 0.15) is 24.8 Å². The van der Waals surface area contributed by atoms with Crippen molar-refractivity contribution in [3.8, 4) is 0 Å². The van der Waals surface area contributed by atoms with Crippen molar-refractivity contribution in [2.24, 2.45) is 0 Å². The van der Waals surface area contributed by atoms with Crippen LogP contribution in [0.15, 0.2) is 24.3 Å². The number of β-amino-alcohol motifs (C(OH)–C–C–N with tert-alkyl or cyclic N) is 1. The van der Waals surface area contributed by atoms with Crippen LogP contribution in [0, 0.1) is 5.82 Å². The molecule has 1 aliphatic heterocycles. The van der Waals surface area contributed by atoms with Crippen molar-refractivity contribution >= 4 is 5.91 Å². The fourth-order valence-electron chi connectivity index (χ4n) is 1.98. The summed E-state index contributed by atoms with van der Waals surface area (Å²) in [6.07, 6.45) is -0.0145. The Morgan fingerprint density at radius 3 is 2.88 bits per heavy atom. The van der Waals surface area contributed by atoms with Crippen molar-refractivity contribution in [2.45, 2.75) is 25.4 Å². The highest BCUT2D eigenvalue weighted by Crippen LogP contribution is 2.22. The van der Waals surface area contributed by atoms with Gasteiger partial charge in [-0.15, -0.1) is 0 Å². The van der Waals surface area contributed by atoms with E-state index < -0.39 is 0 Å². The van der Waals surface area contributed by atoms with E-state index in [0.717, 1.165) is 5.56 Å². The Labute approximate surface area is 99.9 Å². The number of halogens is 1. The number of likely N-dealkylation sites (tertiary alicyclic amines) is 1. The van der Waals surface area contributed by atoms with Gasteiger partial charge in [0, 0.05) is 19.5 Å². The van der Waals surface area contributed by atoms with Gasteiger partial charge >= 0.3 is 0 Å². The Morgan fingerprint density at radius 1 is 1.59 bits per heavy atom. The Hall–Kier alpha value is -1.42. The zero-order valence-electron chi connectivity index (χ0n) is 9.77. The van der Waals surface area contributed by atoms with E-state index in [-0.39, 0.29) is 23.7 Å². The zero-order valence-corrected chi connectivity index (χ0v) is 9.77. The molecule has 0 aliphatic carbocycles. The third-order valence-electron chi connectivity index (χ3n) is 3.11. The molecule has 1 atom stereocenters. The Kier molecular flexibility index (Phi) is 3.43. The molecule has 0 aromatic heterocycles. The molecular formula is C13H16FNO2. The van der Waals surface area contributed by atoms with E-state index in [0.29, 0.717) is 19.5 Å². The van der Waals surface area contributed by atoms with Crippen LogP contribution in [0.2, 0.25) is 0 Å². The number of aliphatic hydroxyl groups excluding tert-OH is 1. The van der Waals surface area contributed by atoms with Gasteiger partial charge in [-0.25, -0.2) is 4.39 Å².